The zero-order chi connectivity index (χ0) is 41.2. The average molecular weight is 808 g/mol. The Bertz CT molecular complexity index is 3190. The normalized spacial score (nSPS) is 11.2. The summed E-state index contributed by atoms with van der Waals surface area (Å²) in [6, 6.07) is 90.2. The summed E-state index contributed by atoms with van der Waals surface area (Å²) in [5, 5.41) is 2.55. The third-order valence-electron chi connectivity index (χ3n) is 11.9. The first-order valence-electron chi connectivity index (χ1n) is 21.2. The molecule has 0 saturated carbocycles. The van der Waals surface area contributed by atoms with Crippen LogP contribution < -0.4 is 4.90 Å². The molecule has 2 heteroatoms. The fraction of sp³-hybridized carbons (Fsp3) is 0. The molecule has 0 atom stereocenters. The lowest BCUT2D eigenvalue weighted by molar-refractivity contribution is 1.30. The Morgan fingerprint density at radius 1 is 0.258 bits per heavy atom. The number of hydrogen-bond donors (Lipinski definition) is 0. The van der Waals surface area contributed by atoms with Gasteiger partial charge in [-0.2, -0.15) is 0 Å². The van der Waals surface area contributed by atoms with Gasteiger partial charge in [-0.15, -0.1) is 11.3 Å². The standard InChI is InChI=1S/C60H41NS/c1-4-18-42(19-5-1)49-24-10-12-26-51(49)45-32-36-47(37-33-45)61(48-38-34-46(35-39-48)52-27-13-11-25-50(52)43-20-6-2-7-21-43)57-41-40-55(59-56-30-16-17-31-58(56)62-60(57)59)54-29-15-14-28-53(54)44-22-8-3-9-23-44/h1-41H. The van der Waals surface area contributed by atoms with Gasteiger partial charge < -0.3 is 4.90 Å². The van der Waals surface area contributed by atoms with Crippen LogP contribution in [0, 0.1) is 0 Å². The fourth-order valence-corrected chi connectivity index (χ4v) is 10.3. The van der Waals surface area contributed by atoms with E-state index in [0.29, 0.717) is 0 Å². The highest BCUT2D eigenvalue weighted by molar-refractivity contribution is 7.26. The summed E-state index contributed by atoms with van der Waals surface area (Å²) >= 11 is 1.87. The van der Waals surface area contributed by atoms with Gasteiger partial charge in [-0.3, -0.25) is 0 Å². The van der Waals surface area contributed by atoms with Crippen LogP contribution in [0.2, 0.25) is 0 Å². The van der Waals surface area contributed by atoms with E-state index in [1.165, 1.54) is 86.9 Å². The van der Waals surface area contributed by atoms with E-state index in [4.69, 9.17) is 0 Å². The molecule has 11 aromatic rings. The van der Waals surface area contributed by atoms with Gasteiger partial charge in [-0.25, -0.2) is 0 Å². The van der Waals surface area contributed by atoms with Crippen LogP contribution in [0.5, 0.6) is 0 Å². The highest BCUT2D eigenvalue weighted by Crippen LogP contribution is 2.50. The minimum absolute atomic E-state index is 1.10. The van der Waals surface area contributed by atoms with Crippen molar-refractivity contribution in [2.24, 2.45) is 0 Å². The van der Waals surface area contributed by atoms with Crippen LogP contribution in [0.3, 0.4) is 0 Å². The van der Waals surface area contributed by atoms with Gasteiger partial charge in [0.2, 0.25) is 0 Å². The van der Waals surface area contributed by atoms with Crippen molar-refractivity contribution in [3.63, 3.8) is 0 Å². The molecule has 292 valence electrons. The molecule has 0 spiro atoms. The first kappa shape index (κ1) is 37.2. The molecule has 0 N–H and O–H groups in total. The topological polar surface area (TPSA) is 3.24 Å². The number of hydrogen-bond acceptors (Lipinski definition) is 2. The fourth-order valence-electron chi connectivity index (χ4n) is 9.02. The summed E-state index contributed by atoms with van der Waals surface area (Å²) in [5.41, 5.74) is 17.9. The maximum absolute atomic E-state index is 2.45. The molecule has 0 aliphatic heterocycles. The molecular formula is C60H41NS. The molecule has 0 aliphatic carbocycles. The molecule has 0 aliphatic rings. The van der Waals surface area contributed by atoms with Crippen molar-refractivity contribution in [1.82, 2.24) is 0 Å². The van der Waals surface area contributed by atoms with E-state index in [-0.39, 0.29) is 0 Å². The number of nitrogens with zero attached hydrogens (tertiary/aromatic N) is 1. The Labute approximate surface area is 367 Å². The Balaban J connectivity index is 1.09. The average Bonchev–Trinajstić information content (AvgIpc) is 3.76. The maximum atomic E-state index is 2.45. The van der Waals surface area contributed by atoms with Gasteiger partial charge >= 0.3 is 0 Å². The number of anilines is 3. The van der Waals surface area contributed by atoms with Crippen molar-refractivity contribution in [2.75, 3.05) is 4.90 Å². The van der Waals surface area contributed by atoms with Crippen molar-refractivity contribution in [3.05, 3.63) is 249 Å². The molecule has 1 heterocycles. The second kappa shape index (κ2) is 16.3. The molecule has 0 saturated heterocycles. The lowest BCUT2D eigenvalue weighted by atomic mass is 9.91. The van der Waals surface area contributed by atoms with E-state index < -0.39 is 0 Å². The van der Waals surface area contributed by atoms with E-state index in [2.05, 4.69) is 254 Å². The summed E-state index contributed by atoms with van der Waals surface area (Å²) < 4.78 is 2.53. The first-order valence-corrected chi connectivity index (χ1v) is 22.0. The second-order valence-corrected chi connectivity index (χ2v) is 16.7. The Morgan fingerprint density at radius 2 is 0.613 bits per heavy atom. The zero-order valence-corrected chi connectivity index (χ0v) is 34.8. The second-order valence-electron chi connectivity index (χ2n) is 15.6. The van der Waals surface area contributed by atoms with Crippen molar-refractivity contribution in [3.8, 4) is 66.8 Å². The summed E-state index contributed by atoms with van der Waals surface area (Å²) in [4.78, 5) is 2.45. The van der Waals surface area contributed by atoms with Crippen molar-refractivity contribution >= 4 is 48.6 Å². The largest absolute Gasteiger partial charge is 0.309 e. The minimum atomic E-state index is 1.10. The highest BCUT2D eigenvalue weighted by atomic mass is 32.1. The van der Waals surface area contributed by atoms with E-state index >= 15 is 0 Å². The van der Waals surface area contributed by atoms with E-state index in [1.807, 2.05) is 11.3 Å². The van der Waals surface area contributed by atoms with E-state index in [1.54, 1.807) is 0 Å². The predicted molar refractivity (Wildman–Crippen MR) is 267 cm³/mol. The molecule has 11 rings (SSSR count). The number of benzene rings is 10. The first-order chi connectivity index (χ1) is 30.8. The minimum Gasteiger partial charge on any atom is -0.309 e. The molecule has 0 radical (unpaired) electrons. The van der Waals surface area contributed by atoms with Gasteiger partial charge in [-0.05, 0) is 103 Å². The lowest BCUT2D eigenvalue weighted by Crippen LogP contribution is -2.10. The number of rotatable bonds is 9. The monoisotopic (exact) mass is 807 g/mol. The van der Waals surface area contributed by atoms with Crippen LogP contribution in [-0.4, -0.2) is 0 Å². The highest BCUT2D eigenvalue weighted by Gasteiger charge is 2.22. The third kappa shape index (κ3) is 6.87. The molecule has 0 fully saturated rings. The molecule has 0 amide bonds. The van der Waals surface area contributed by atoms with Crippen molar-refractivity contribution in [2.45, 2.75) is 0 Å². The van der Waals surface area contributed by atoms with Crippen LogP contribution >= 0.6 is 11.3 Å². The van der Waals surface area contributed by atoms with E-state index in [0.717, 1.165) is 17.1 Å². The smallest absolute Gasteiger partial charge is 0.0640 e. The molecule has 0 unspecified atom stereocenters. The number of fused-ring (bicyclic) bond motifs is 3. The van der Waals surface area contributed by atoms with Gasteiger partial charge in [0.1, 0.15) is 0 Å². The molecule has 0 bridgehead atoms. The summed E-state index contributed by atoms with van der Waals surface area (Å²) in [6.45, 7) is 0. The SMILES string of the molecule is c1ccc(-c2ccccc2-c2ccc(N(c3ccc(-c4ccccc4-c4ccccc4)cc3)c3ccc(-c4ccccc4-c4ccccc4)c4c3sc3ccccc34)cc2)cc1. The summed E-state index contributed by atoms with van der Waals surface area (Å²) in [7, 11) is 0. The van der Waals surface area contributed by atoms with Crippen molar-refractivity contribution in [1.29, 1.82) is 0 Å². The van der Waals surface area contributed by atoms with Crippen LogP contribution in [-0.2, 0) is 0 Å². The molecule has 10 aromatic carbocycles. The van der Waals surface area contributed by atoms with Crippen molar-refractivity contribution < 1.29 is 0 Å². The zero-order valence-electron chi connectivity index (χ0n) is 34.0. The maximum Gasteiger partial charge on any atom is 0.0640 e. The molecule has 1 aromatic heterocycles. The quantitative estimate of drug-likeness (QED) is 0.140. The molecule has 1 nitrogen and oxygen atoms in total. The molecule has 62 heavy (non-hydrogen) atoms. The molecular weight excluding hydrogens is 767 g/mol. The summed E-state index contributed by atoms with van der Waals surface area (Å²) in [6.07, 6.45) is 0. The van der Waals surface area contributed by atoms with Crippen LogP contribution in [0.1, 0.15) is 0 Å². The number of thiophene rings is 1. The van der Waals surface area contributed by atoms with Gasteiger partial charge in [0.05, 0.1) is 10.4 Å². The summed E-state index contributed by atoms with van der Waals surface area (Å²) in [5.74, 6) is 0. The van der Waals surface area contributed by atoms with Gasteiger partial charge in [0.15, 0.2) is 0 Å². The predicted octanol–water partition coefficient (Wildman–Crippen LogP) is 17.5. The van der Waals surface area contributed by atoms with Gasteiger partial charge in [0.25, 0.3) is 0 Å². The van der Waals surface area contributed by atoms with Crippen LogP contribution in [0.4, 0.5) is 17.1 Å². The van der Waals surface area contributed by atoms with E-state index in [9.17, 15) is 0 Å². The van der Waals surface area contributed by atoms with Gasteiger partial charge in [0, 0.05) is 26.8 Å². The lowest BCUT2D eigenvalue weighted by Gasteiger charge is -2.27. The Morgan fingerprint density at radius 3 is 1.06 bits per heavy atom. The third-order valence-corrected chi connectivity index (χ3v) is 13.1. The van der Waals surface area contributed by atoms with Crippen LogP contribution in [0.15, 0.2) is 249 Å². The van der Waals surface area contributed by atoms with Crippen LogP contribution in [0.25, 0.3) is 86.9 Å². The Kier molecular flexibility index (Phi) is 9.82. The van der Waals surface area contributed by atoms with Gasteiger partial charge in [-0.1, -0.05) is 212 Å². The Hall–Kier alpha value is -7.78.